The molecule has 0 aliphatic heterocycles. The Labute approximate surface area is 186 Å². The summed E-state index contributed by atoms with van der Waals surface area (Å²) in [6, 6.07) is 15.9. The Hall–Kier alpha value is -3.46. The van der Waals surface area contributed by atoms with Crippen LogP contribution in [0.15, 0.2) is 60.9 Å². The van der Waals surface area contributed by atoms with Crippen LogP contribution in [0.25, 0.3) is 11.3 Å². The number of carbonyl (C=O) groups excluding carboxylic acids is 1. The van der Waals surface area contributed by atoms with E-state index in [1.807, 2.05) is 35.1 Å². The van der Waals surface area contributed by atoms with Gasteiger partial charge in [-0.05, 0) is 48.6 Å². The molecular formula is C23H23N3O5S. The van der Waals surface area contributed by atoms with Crippen LogP contribution in [0, 0.1) is 5.92 Å². The van der Waals surface area contributed by atoms with E-state index in [2.05, 4.69) is 9.97 Å². The van der Waals surface area contributed by atoms with Gasteiger partial charge in [0.2, 0.25) is 15.9 Å². The average molecular weight is 454 g/mol. The fourth-order valence-electron chi connectivity index (χ4n) is 2.96. The van der Waals surface area contributed by atoms with Crippen molar-refractivity contribution in [2.45, 2.75) is 19.4 Å². The lowest BCUT2D eigenvalue weighted by Crippen LogP contribution is -2.29. The average Bonchev–Trinajstić information content (AvgIpc) is 3.60. The maximum atomic E-state index is 11.9. The van der Waals surface area contributed by atoms with E-state index in [1.54, 1.807) is 24.3 Å². The van der Waals surface area contributed by atoms with Crippen molar-refractivity contribution < 1.29 is 22.7 Å². The number of hydrogen-bond acceptors (Lipinski definition) is 7. The van der Waals surface area contributed by atoms with E-state index >= 15 is 0 Å². The van der Waals surface area contributed by atoms with E-state index in [0.29, 0.717) is 24.2 Å². The summed E-state index contributed by atoms with van der Waals surface area (Å²) >= 11 is 0. The maximum Gasteiger partial charge on any atom is 0.264 e. The Morgan fingerprint density at radius 2 is 1.84 bits per heavy atom. The van der Waals surface area contributed by atoms with Gasteiger partial charge in [0.15, 0.2) is 0 Å². The van der Waals surface area contributed by atoms with Gasteiger partial charge in [-0.1, -0.05) is 24.3 Å². The minimum absolute atomic E-state index is 0.254. The molecule has 1 aliphatic carbocycles. The molecule has 166 valence electrons. The molecule has 0 bridgehead atoms. The molecule has 4 rings (SSSR count). The molecule has 0 radical (unpaired) electrons. The second-order valence-electron chi connectivity index (χ2n) is 7.71. The molecule has 9 heteroatoms. The summed E-state index contributed by atoms with van der Waals surface area (Å²) in [6.07, 6.45) is 4.86. The highest BCUT2D eigenvalue weighted by Gasteiger charge is 2.22. The van der Waals surface area contributed by atoms with Crippen LogP contribution in [0.3, 0.4) is 0 Å². The van der Waals surface area contributed by atoms with E-state index in [-0.39, 0.29) is 12.2 Å². The fraction of sp³-hybridized carbons (Fsp3) is 0.261. The second-order valence-corrected chi connectivity index (χ2v) is 9.46. The smallest absolute Gasteiger partial charge is 0.264 e. The van der Waals surface area contributed by atoms with Crippen molar-refractivity contribution in [3.05, 3.63) is 72.1 Å². The normalized spacial score (nSPS) is 13.4. The Morgan fingerprint density at radius 3 is 2.56 bits per heavy atom. The van der Waals surface area contributed by atoms with E-state index < -0.39 is 15.9 Å². The highest BCUT2D eigenvalue weighted by Crippen LogP contribution is 2.30. The van der Waals surface area contributed by atoms with Crippen LogP contribution >= 0.6 is 0 Å². The van der Waals surface area contributed by atoms with Crippen LogP contribution in [0.5, 0.6) is 11.6 Å². The first-order chi connectivity index (χ1) is 15.4. The van der Waals surface area contributed by atoms with Gasteiger partial charge in [-0.3, -0.25) is 4.79 Å². The Bertz CT molecular complexity index is 1210. The summed E-state index contributed by atoms with van der Waals surface area (Å²) in [5.74, 6) is 1.21. The third kappa shape index (κ3) is 6.27. The molecule has 1 aromatic heterocycles. The molecule has 8 nitrogen and oxygen atoms in total. The number of hydrogen-bond donors (Lipinski definition) is 1. The van der Waals surface area contributed by atoms with Gasteiger partial charge in [0.1, 0.15) is 18.7 Å². The zero-order valence-corrected chi connectivity index (χ0v) is 18.3. The first-order valence-electron chi connectivity index (χ1n) is 10.1. The number of aromatic nitrogens is 2. The number of rotatable bonds is 9. The summed E-state index contributed by atoms with van der Waals surface area (Å²) in [4.78, 5) is 20.4. The van der Waals surface area contributed by atoms with E-state index in [4.69, 9.17) is 9.47 Å². The molecule has 0 atom stereocenters. The lowest BCUT2D eigenvalue weighted by Gasteiger charge is -2.10. The van der Waals surface area contributed by atoms with Crippen LogP contribution in [0.1, 0.15) is 28.8 Å². The minimum Gasteiger partial charge on any atom is -0.489 e. The second kappa shape index (κ2) is 9.35. The summed E-state index contributed by atoms with van der Waals surface area (Å²) in [5.41, 5.74) is 2.72. The molecule has 1 aliphatic rings. The molecule has 1 N–H and O–H groups in total. The van der Waals surface area contributed by atoms with Crippen LogP contribution < -0.4 is 14.2 Å². The van der Waals surface area contributed by atoms with Gasteiger partial charge in [-0.2, -0.15) is 0 Å². The largest absolute Gasteiger partial charge is 0.489 e. The molecule has 1 fully saturated rings. The molecule has 32 heavy (non-hydrogen) atoms. The number of nitrogens with zero attached hydrogens (tertiary/aromatic N) is 2. The molecule has 0 unspecified atom stereocenters. The van der Waals surface area contributed by atoms with Crippen LogP contribution in [-0.4, -0.2) is 37.2 Å². The fourth-order valence-corrected chi connectivity index (χ4v) is 3.41. The van der Waals surface area contributed by atoms with Crippen LogP contribution in [0.2, 0.25) is 0 Å². The van der Waals surface area contributed by atoms with Crippen molar-refractivity contribution in [3.63, 3.8) is 0 Å². The topological polar surface area (TPSA) is 107 Å². The maximum absolute atomic E-state index is 11.9. The molecule has 2 aromatic carbocycles. The van der Waals surface area contributed by atoms with Crippen molar-refractivity contribution >= 4 is 15.9 Å². The molecule has 0 saturated heterocycles. The van der Waals surface area contributed by atoms with E-state index in [1.165, 1.54) is 19.2 Å². The highest BCUT2D eigenvalue weighted by atomic mass is 32.2. The van der Waals surface area contributed by atoms with Gasteiger partial charge in [-0.15, -0.1) is 0 Å². The summed E-state index contributed by atoms with van der Waals surface area (Å²) < 4.78 is 35.9. The number of nitrogens with one attached hydrogen (secondary N) is 1. The number of benzene rings is 2. The number of carbonyl (C=O) groups is 1. The van der Waals surface area contributed by atoms with Gasteiger partial charge in [0.05, 0.1) is 18.6 Å². The van der Waals surface area contributed by atoms with E-state index in [9.17, 15) is 13.2 Å². The van der Waals surface area contributed by atoms with Crippen molar-refractivity contribution in [1.82, 2.24) is 14.7 Å². The number of ether oxygens (including phenoxy) is 2. The number of amides is 1. The van der Waals surface area contributed by atoms with Gasteiger partial charge >= 0.3 is 0 Å². The summed E-state index contributed by atoms with van der Waals surface area (Å²) in [7, 11) is -3.60. The molecule has 3 aromatic rings. The summed E-state index contributed by atoms with van der Waals surface area (Å²) in [6.45, 7) is 0.977. The lowest BCUT2D eigenvalue weighted by atomic mass is 10.1. The zero-order chi connectivity index (χ0) is 22.6. The van der Waals surface area contributed by atoms with Gasteiger partial charge in [0.25, 0.3) is 5.91 Å². The highest BCUT2D eigenvalue weighted by molar-refractivity contribution is 7.89. The predicted molar refractivity (Wildman–Crippen MR) is 119 cm³/mol. The Morgan fingerprint density at radius 1 is 1.06 bits per heavy atom. The van der Waals surface area contributed by atoms with Crippen LogP contribution in [0.4, 0.5) is 0 Å². The first kappa shape index (κ1) is 21.8. The van der Waals surface area contributed by atoms with Crippen molar-refractivity contribution in [2.75, 3.05) is 12.9 Å². The monoisotopic (exact) mass is 453 g/mol. The quantitative estimate of drug-likeness (QED) is 0.530. The third-order valence-corrected chi connectivity index (χ3v) is 5.39. The molecule has 0 spiro atoms. The third-order valence-electron chi connectivity index (χ3n) is 4.84. The lowest BCUT2D eigenvalue weighted by molar-refractivity contribution is 0.0981. The summed E-state index contributed by atoms with van der Waals surface area (Å²) in [5, 5.41) is 0. The van der Waals surface area contributed by atoms with E-state index in [0.717, 1.165) is 23.1 Å². The molecular weight excluding hydrogens is 430 g/mol. The minimum atomic E-state index is -3.60. The first-order valence-corrected chi connectivity index (χ1v) is 12.0. The van der Waals surface area contributed by atoms with Crippen LogP contribution in [-0.2, 0) is 16.6 Å². The number of sulfonamides is 1. The molecule has 1 saturated carbocycles. The molecule has 1 heterocycles. The predicted octanol–water partition coefficient (Wildman–Crippen LogP) is 3.20. The van der Waals surface area contributed by atoms with Crippen molar-refractivity contribution in [2.24, 2.45) is 5.92 Å². The SMILES string of the molecule is CS(=O)(=O)NC(=O)c1ccc(COc2cccc(-c3cc(OCC4CC4)ncn3)c2)cc1. The standard InChI is InChI=1S/C23H23N3O5S/c1-32(28,29)26-23(27)18-9-7-17(8-10-18)13-30-20-4-2-3-19(11-20)21-12-22(25-15-24-21)31-14-16-5-6-16/h2-4,7-12,15-16H,5-6,13-14H2,1H3,(H,26,27). The Kier molecular flexibility index (Phi) is 6.36. The van der Waals surface area contributed by atoms with Crippen molar-refractivity contribution in [3.8, 4) is 22.9 Å². The van der Waals surface area contributed by atoms with Gasteiger partial charge < -0.3 is 9.47 Å². The van der Waals surface area contributed by atoms with Crippen molar-refractivity contribution in [1.29, 1.82) is 0 Å². The zero-order valence-electron chi connectivity index (χ0n) is 17.5. The Balaban J connectivity index is 1.38. The van der Waals surface area contributed by atoms with Gasteiger partial charge in [0, 0.05) is 17.2 Å². The van der Waals surface area contributed by atoms with Gasteiger partial charge in [-0.25, -0.2) is 23.1 Å². The molecule has 1 amide bonds.